The third kappa shape index (κ3) is 2.64. The number of nitrogens with zero attached hydrogens (tertiary/aromatic N) is 4. The van der Waals surface area contributed by atoms with Crippen LogP contribution in [-0.2, 0) is 14.1 Å². The van der Waals surface area contributed by atoms with Crippen LogP contribution in [0.5, 0.6) is 0 Å². The second-order valence-corrected chi connectivity index (χ2v) is 6.66. The minimum Gasteiger partial charge on any atom is -0.335 e. The van der Waals surface area contributed by atoms with Crippen molar-refractivity contribution in [3.05, 3.63) is 61.2 Å². The van der Waals surface area contributed by atoms with E-state index in [-0.39, 0.29) is 0 Å². The van der Waals surface area contributed by atoms with Crippen molar-refractivity contribution in [1.82, 2.24) is 19.3 Å². The minimum absolute atomic E-state index is 0.987. The molecule has 23 heavy (non-hydrogen) atoms. The van der Waals surface area contributed by atoms with Gasteiger partial charge in [-0.2, -0.15) is 5.10 Å². The number of fused-ring (bicyclic) bond motifs is 1. The summed E-state index contributed by atoms with van der Waals surface area (Å²) in [5.74, 6) is 0. The van der Waals surface area contributed by atoms with E-state index < -0.39 is 0 Å². The number of aryl methyl sites for hydroxylation is 2. The first-order chi connectivity index (χ1) is 11.2. The van der Waals surface area contributed by atoms with E-state index in [0.717, 1.165) is 21.5 Å². The fraction of sp³-hybridized carbons (Fsp3) is 0.111. The molecule has 0 unspecified atom stereocenters. The Morgan fingerprint density at radius 2 is 1.78 bits per heavy atom. The molecule has 5 heteroatoms. The summed E-state index contributed by atoms with van der Waals surface area (Å²) in [6, 6.07) is 12.6. The molecule has 0 radical (unpaired) electrons. The molecule has 0 aliphatic rings. The highest BCUT2D eigenvalue weighted by Crippen LogP contribution is 2.34. The fourth-order valence-corrected chi connectivity index (χ4v) is 3.56. The summed E-state index contributed by atoms with van der Waals surface area (Å²) in [7, 11) is 3.96. The quantitative estimate of drug-likeness (QED) is 0.569. The second kappa shape index (κ2) is 5.59. The minimum atomic E-state index is 0.987. The van der Waals surface area contributed by atoms with E-state index in [9.17, 15) is 0 Å². The third-order valence-corrected chi connectivity index (χ3v) is 4.75. The molecule has 1 aromatic carbocycles. The van der Waals surface area contributed by atoms with Gasteiger partial charge in [-0.25, -0.2) is 4.98 Å². The number of hydrogen-bond acceptors (Lipinski definition) is 3. The van der Waals surface area contributed by atoms with Gasteiger partial charge in [-0.15, -0.1) is 0 Å². The van der Waals surface area contributed by atoms with Crippen molar-refractivity contribution in [3.63, 3.8) is 0 Å². The maximum absolute atomic E-state index is 4.64. The smallest absolute Gasteiger partial charge is 0.140 e. The molecule has 4 rings (SSSR count). The lowest BCUT2D eigenvalue weighted by Gasteiger charge is -2.02. The Kier molecular flexibility index (Phi) is 3.42. The molecule has 0 saturated heterocycles. The number of aromatic nitrogens is 4. The fourth-order valence-electron chi connectivity index (χ4n) is 2.71. The molecular weight excluding hydrogens is 304 g/mol. The first-order valence-electron chi connectivity index (χ1n) is 7.38. The molecule has 0 spiro atoms. The highest BCUT2D eigenvalue weighted by Gasteiger charge is 2.12. The van der Waals surface area contributed by atoms with Gasteiger partial charge in [-0.1, -0.05) is 30.0 Å². The second-order valence-electron chi connectivity index (χ2n) is 5.51. The van der Waals surface area contributed by atoms with Crippen molar-refractivity contribution in [2.45, 2.75) is 9.79 Å². The lowest BCUT2D eigenvalue weighted by molar-refractivity contribution is 0.768. The van der Waals surface area contributed by atoms with E-state index in [1.807, 2.05) is 43.4 Å². The molecule has 0 atom stereocenters. The molecule has 4 aromatic rings. The van der Waals surface area contributed by atoms with E-state index in [0.29, 0.717) is 0 Å². The summed E-state index contributed by atoms with van der Waals surface area (Å²) in [5, 5.41) is 5.44. The first-order valence-corrected chi connectivity index (χ1v) is 8.19. The molecule has 0 aliphatic heterocycles. The maximum atomic E-state index is 4.64. The third-order valence-electron chi connectivity index (χ3n) is 3.78. The molecule has 4 nitrogen and oxygen atoms in total. The van der Waals surface area contributed by atoms with Crippen LogP contribution in [-0.4, -0.2) is 19.3 Å². The first kappa shape index (κ1) is 14.1. The van der Waals surface area contributed by atoms with E-state index in [2.05, 4.69) is 51.2 Å². The largest absolute Gasteiger partial charge is 0.335 e. The number of benzene rings is 1. The van der Waals surface area contributed by atoms with Gasteiger partial charge in [0.1, 0.15) is 5.65 Å². The van der Waals surface area contributed by atoms with Crippen LogP contribution in [0.1, 0.15) is 0 Å². The van der Waals surface area contributed by atoms with Gasteiger partial charge in [-0.05, 0) is 18.2 Å². The molecular formula is C18H16N4S. The Labute approximate surface area is 138 Å². The van der Waals surface area contributed by atoms with Crippen LogP contribution in [0.2, 0.25) is 0 Å². The van der Waals surface area contributed by atoms with Crippen LogP contribution < -0.4 is 0 Å². The Hall–Kier alpha value is -2.53. The monoisotopic (exact) mass is 320 g/mol. The molecule has 0 bridgehead atoms. The van der Waals surface area contributed by atoms with E-state index in [1.165, 1.54) is 10.5 Å². The number of rotatable bonds is 3. The predicted octanol–water partition coefficient (Wildman–Crippen LogP) is 4.13. The van der Waals surface area contributed by atoms with Gasteiger partial charge >= 0.3 is 0 Å². The highest BCUT2D eigenvalue weighted by atomic mass is 32.2. The van der Waals surface area contributed by atoms with Crippen molar-refractivity contribution in [1.29, 1.82) is 0 Å². The summed E-state index contributed by atoms with van der Waals surface area (Å²) >= 11 is 1.73. The molecule has 0 aliphatic carbocycles. The normalized spacial score (nSPS) is 11.2. The van der Waals surface area contributed by atoms with Gasteiger partial charge in [0.05, 0.1) is 6.20 Å². The van der Waals surface area contributed by atoms with E-state index >= 15 is 0 Å². The zero-order valence-electron chi connectivity index (χ0n) is 13.0. The summed E-state index contributed by atoms with van der Waals surface area (Å²) < 4.78 is 3.89. The zero-order chi connectivity index (χ0) is 15.8. The molecule has 3 aromatic heterocycles. The Balaban J connectivity index is 1.81. The average molecular weight is 320 g/mol. The molecule has 0 saturated carbocycles. The predicted molar refractivity (Wildman–Crippen MR) is 93.5 cm³/mol. The van der Waals surface area contributed by atoms with Gasteiger partial charge in [0.15, 0.2) is 0 Å². The van der Waals surface area contributed by atoms with Crippen molar-refractivity contribution in [2.75, 3.05) is 0 Å². The average Bonchev–Trinajstić information content (AvgIpc) is 3.12. The molecule has 114 valence electrons. The Bertz CT molecular complexity index is 969. The van der Waals surface area contributed by atoms with Crippen molar-refractivity contribution in [2.24, 2.45) is 14.1 Å². The standard InChI is InChI=1S/C18H16N4S/c1-21-12-17(13-9-20-22(2)11-13)16-8-15(10-19-18(16)21)23-14-6-4-3-5-7-14/h3-12H,1-2H3. The summed E-state index contributed by atoms with van der Waals surface area (Å²) in [6.07, 6.45) is 7.98. The van der Waals surface area contributed by atoms with Gasteiger partial charge in [0.2, 0.25) is 0 Å². The lowest BCUT2D eigenvalue weighted by Crippen LogP contribution is -1.87. The van der Waals surface area contributed by atoms with Crippen molar-refractivity contribution < 1.29 is 0 Å². The van der Waals surface area contributed by atoms with Gasteiger partial charge < -0.3 is 4.57 Å². The van der Waals surface area contributed by atoms with Crippen LogP contribution in [0, 0.1) is 0 Å². The lowest BCUT2D eigenvalue weighted by atomic mass is 10.1. The summed E-state index contributed by atoms with van der Waals surface area (Å²) in [5.41, 5.74) is 3.27. The van der Waals surface area contributed by atoms with Crippen LogP contribution >= 0.6 is 11.8 Å². The number of pyridine rings is 1. The Morgan fingerprint density at radius 1 is 0.957 bits per heavy atom. The van der Waals surface area contributed by atoms with E-state index in [4.69, 9.17) is 0 Å². The van der Waals surface area contributed by atoms with Gasteiger partial charge in [-0.3, -0.25) is 4.68 Å². The van der Waals surface area contributed by atoms with Crippen LogP contribution in [0.15, 0.2) is 71.0 Å². The topological polar surface area (TPSA) is 35.6 Å². The van der Waals surface area contributed by atoms with Gasteiger partial charge in [0, 0.05) is 59.0 Å². The summed E-state index contributed by atoms with van der Waals surface area (Å²) in [4.78, 5) is 7.00. The number of hydrogen-bond donors (Lipinski definition) is 0. The molecule has 0 amide bonds. The van der Waals surface area contributed by atoms with Crippen LogP contribution in [0.3, 0.4) is 0 Å². The molecule has 3 heterocycles. The van der Waals surface area contributed by atoms with Crippen LogP contribution in [0.25, 0.3) is 22.2 Å². The zero-order valence-corrected chi connectivity index (χ0v) is 13.8. The Morgan fingerprint density at radius 3 is 2.52 bits per heavy atom. The van der Waals surface area contributed by atoms with Crippen molar-refractivity contribution >= 4 is 22.8 Å². The summed E-state index contributed by atoms with van der Waals surface area (Å²) in [6.45, 7) is 0. The van der Waals surface area contributed by atoms with Crippen LogP contribution in [0.4, 0.5) is 0 Å². The molecule has 0 N–H and O–H groups in total. The van der Waals surface area contributed by atoms with Crippen molar-refractivity contribution in [3.8, 4) is 11.1 Å². The highest BCUT2D eigenvalue weighted by molar-refractivity contribution is 7.99. The SMILES string of the molecule is Cn1cc(-c2cn(C)c3ncc(Sc4ccccc4)cc23)cn1. The molecule has 0 fully saturated rings. The van der Waals surface area contributed by atoms with E-state index in [1.54, 1.807) is 11.8 Å². The van der Waals surface area contributed by atoms with Gasteiger partial charge in [0.25, 0.3) is 0 Å². The maximum Gasteiger partial charge on any atom is 0.140 e.